The maximum Gasteiger partial charge on any atom is 0.326 e. The molecule has 0 aliphatic carbocycles. The third-order valence-corrected chi connectivity index (χ3v) is 5.34. The van der Waals surface area contributed by atoms with Gasteiger partial charge in [-0.1, -0.05) is 32.6 Å². The van der Waals surface area contributed by atoms with Gasteiger partial charge in [0, 0.05) is 13.0 Å². The molecule has 2 N–H and O–H groups in total. The molecule has 2 fully saturated rings. The van der Waals surface area contributed by atoms with E-state index in [2.05, 4.69) is 12.2 Å². The fraction of sp³-hybridized carbons (Fsp3) is 0.842. The highest BCUT2D eigenvalue weighted by atomic mass is 16.6. The Kier molecular flexibility index (Phi) is 7.87. The van der Waals surface area contributed by atoms with Gasteiger partial charge in [-0.25, -0.2) is 4.79 Å². The van der Waals surface area contributed by atoms with Crippen LogP contribution < -0.4 is 5.32 Å². The van der Waals surface area contributed by atoms with Crippen molar-refractivity contribution in [3.05, 3.63) is 0 Å². The second kappa shape index (κ2) is 9.90. The topological polar surface area (TPSA) is 95.9 Å². The van der Waals surface area contributed by atoms with Crippen molar-refractivity contribution in [2.45, 2.75) is 95.9 Å². The maximum absolute atomic E-state index is 12.6. The van der Waals surface area contributed by atoms with Crippen molar-refractivity contribution in [2.24, 2.45) is 0 Å². The molecule has 4 atom stereocenters. The average Bonchev–Trinajstić information content (AvgIpc) is 3.21. The number of esters is 1. The average molecular weight is 368 g/mol. The Morgan fingerprint density at radius 2 is 2.04 bits per heavy atom. The summed E-state index contributed by atoms with van der Waals surface area (Å²) in [5, 5.41) is 12.3. The molecular formula is C19H32N2O5. The van der Waals surface area contributed by atoms with Crippen molar-refractivity contribution in [3.63, 3.8) is 0 Å². The maximum atomic E-state index is 12.6. The zero-order valence-corrected chi connectivity index (χ0v) is 15.9. The second-order valence-electron chi connectivity index (χ2n) is 7.47. The van der Waals surface area contributed by atoms with Gasteiger partial charge in [0.15, 0.2) is 0 Å². The van der Waals surface area contributed by atoms with Crippen LogP contribution in [0, 0.1) is 0 Å². The van der Waals surface area contributed by atoms with Gasteiger partial charge in [0.05, 0.1) is 6.04 Å². The number of hydrogen-bond acceptors (Lipinski definition) is 5. The lowest BCUT2D eigenvalue weighted by Crippen LogP contribution is -2.52. The number of ether oxygens (including phenoxy) is 1. The first-order valence-electron chi connectivity index (χ1n) is 9.93. The van der Waals surface area contributed by atoms with E-state index in [-0.39, 0.29) is 18.0 Å². The highest BCUT2D eigenvalue weighted by Crippen LogP contribution is 2.22. The third kappa shape index (κ3) is 5.43. The van der Waals surface area contributed by atoms with Gasteiger partial charge < -0.3 is 14.7 Å². The van der Waals surface area contributed by atoms with Crippen LogP contribution in [0.3, 0.4) is 0 Å². The normalized spacial score (nSPS) is 26.8. The molecular weight excluding hydrogens is 336 g/mol. The summed E-state index contributed by atoms with van der Waals surface area (Å²) in [5.41, 5.74) is 0. The van der Waals surface area contributed by atoms with Gasteiger partial charge in [0.2, 0.25) is 5.91 Å². The van der Waals surface area contributed by atoms with E-state index in [1.807, 2.05) is 0 Å². The van der Waals surface area contributed by atoms with E-state index in [9.17, 15) is 19.5 Å². The molecule has 0 saturated carbocycles. The molecule has 2 unspecified atom stereocenters. The van der Waals surface area contributed by atoms with E-state index in [0.29, 0.717) is 25.8 Å². The van der Waals surface area contributed by atoms with Gasteiger partial charge in [-0.05, 0) is 32.6 Å². The van der Waals surface area contributed by atoms with Gasteiger partial charge in [0.25, 0.3) is 0 Å². The fourth-order valence-electron chi connectivity index (χ4n) is 3.85. The van der Waals surface area contributed by atoms with Crippen LogP contribution in [-0.2, 0) is 19.1 Å². The molecule has 0 bridgehead atoms. The van der Waals surface area contributed by atoms with Crippen LogP contribution in [0.4, 0.5) is 0 Å². The summed E-state index contributed by atoms with van der Waals surface area (Å²) >= 11 is 0. The number of cyclic esters (lactones) is 1. The molecule has 2 aliphatic heterocycles. The number of carboxylic acids is 1. The highest BCUT2D eigenvalue weighted by molar-refractivity contribution is 5.88. The molecule has 148 valence electrons. The van der Waals surface area contributed by atoms with Crippen molar-refractivity contribution >= 4 is 17.8 Å². The summed E-state index contributed by atoms with van der Waals surface area (Å²) in [6.07, 6.45) is 8.40. The summed E-state index contributed by atoms with van der Waals surface area (Å²) in [7, 11) is 0. The molecule has 0 aromatic heterocycles. The van der Waals surface area contributed by atoms with E-state index in [4.69, 9.17) is 4.74 Å². The molecule has 7 nitrogen and oxygen atoms in total. The van der Waals surface area contributed by atoms with Gasteiger partial charge in [-0.3, -0.25) is 14.9 Å². The molecule has 0 aromatic rings. The first-order valence-corrected chi connectivity index (χ1v) is 9.93. The standard InChI is InChI=1S/C19H32N2O5/c1-3-4-5-6-7-9-14-12-15(19(25)26-14)20-13(2)17(22)21-11-8-10-16(21)18(23)24/h13-16,20H,3-12H2,1-2H3,(H,23,24)/t13-,14?,15?,16-/m0/s1. The van der Waals surface area contributed by atoms with E-state index in [1.54, 1.807) is 6.92 Å². The summed E-state index contributed by atoms with van der Waals surface area (Å²) in [4.78, 5) is 37.3. The lowest BCUT2D eigenvalue weighted by Gasteiger charge is -2.26. The number of aliphatic carboxylic acids is 1. The monoisotopic (exact) mass is 368 g/mol. The predicted octanol–water partition coefficient (Wildman–Crippen LogP) is 2.08. The minimum atomic E-state index is -0.966. The lowest BCUT2D eigenvalue weighted by atomic mass is 10.0. The number of carbonyl (C=O) groups is 3. The molecule has 0 spiro atoms. The minimum absolute atomic E-state index is 0.0810. The van der Waals surface area contributed by atoms with Gasteiger partial charge in [0.1, 0.15) is 18.2 Å². The highest BCUT2D eigenvalue weighted by Gasteiger charge is 2.39. The zero-order chi connectivity index (χ0) is 19.1. The Hall–Kier alpha value is -1.63. The summed E-state index contributed by atoms with van der Waals surface area (Å²) in [6, 6.07) is -1.84. The van der Waals surface area contributed by atoms with Crippen LogP contribution in [0.1, 0.15) is 71.6 Å². The number of rotatable bonds is 10. The van der Waals surface area contributed by atoms with Crippen LogP contribution in [0.15, 0.2) is 0 Å². The van der Waals surface area contributed by atoms with Crippen molar-refractivity contribution in [1.82, 2.24) is 10.2 Å². The first kappa shape index (κ1) is 20.7. The molecule has 0 aromatic carbocycles. The van der Waals surface area contributed by atoms with Crippen molar-refractivity contribution in [2.75, 3.05) is 6.54 Å². The Morgan fingerprint density at radius 1 is 1.31 bits per heavy atom. The van der Waals surface area contributed by atoms with Crippen LogP contribution in [-0.4, -0.2) is 58.6 Å². The number of nitrogens with one attached hydrogen (secondary N) is 1. The molecule has 0 radical (unpaired) electrons. The van der Waals surface area contributed by atoms with Crippen LogP contribution in [0.2, 0.25) is 0 Å². The summed E-state index contributed by atoms with van der Waals surface area (Å²) < 4.78 is 5.43. The number of likely N-dealkylation sites (tertiary alicyclic amines) is 1. The lowest BCUT2D eigenvalue weighted by molar-refractivity contribution is -0.149. The van der Waals surface area contributed by atoms with E-state index >= 15 is 0 Å². The number of hydrogen-bond donors (Lipinski definition) is 2. The first-order chi connectivity index (χ1) is 12.4. The smallest absolute Gasteiger partial charge is 0.326 e. The molecule has 1 amide bonds. The SMILES string of the molecule is CCCCCCCC1CC(N[C@@H](C)C(=O)N2CCC[C@H]2C(=O)O)C(=O)O1. The number of amides is 1. The van der Waals surface area contributed by atoms with Crippen LogP contribution in [0.5, 0.6) is 0 Å². The zero-order valence-electron chi connectivity index (χ0n) is 15.9. The number of nitrogens with zero attached hydrogens (tertiary/aromatic N) is 1. The molecule has 2 rings (SSSR count). The predicted molar refractivity (Wildman–Crippen MR) is 96.6 cm³/mol. The number of carbonyl (C=O) groups excluding carboxylic acids is 2. The van der Waals surface area contributed by atoms with Crippen LogP contribution in [0.25, 0.3) is 0 Å². The Balaban J connectivity index is 1.77. The van der Waals surface area contributed by atoms with Crippen molar-refractivity contribution in [3.8, 4) is 0 Å². The van der Waals surface area contributed by atoms with Gasteiger partial charge in [-0.2, -0.15) is 0 Å². The van der Waals surface area contributed by atoms with Gasteiger partial charge >= 0.3 is 11.9 Å². The largest absolute Gasteiger partial charge is 0.480 e. The summed E-state index contributed by atoms with van der Waals surface area (Å²) in [6.45, 7) is 4.32. The molecule has 2 saturated heterocycles. The quantitative estimate of drug-likeness (QED) is 0.453. The van der Waals surface area contributed by atoms with Crippen molar-refractivity contribution in [1.29, 1.82) is 0 Å². The number of carboxylic acid groups (broad SMARTS) is 1. The third-order valence-electron chi connectivity index (χ3n) is 5.34. The Labute approximate surface area is 155 Å². The molecule has 7 heteroatoms. The van der Waals surface area contributed by atoms with E-state index < -0.39 is 24.1 Å². The molecule has 2 heterocycles. The van der Waals surface area contributed by atoms with Gasteiger partial charge in [-0.15, -0.1) is 0 Å². The van der Waals surface area contributed by atoms with E-state index in [1.165, 1.54) is 24.2 Å². The Morgan fingerprint density at radius 3 is 2.73 bits per heavy atom. The minimum Gasteiger partial charge on any atom is -0.480 e. The number of unbranched alkanes of at least 4 members (excludes halogenated alkanes) is 4. The summed E-state index contributed by atoms with van der Waals surface area (Å²) in [5.74, 6) is -1.53. The van der Waals surface area contributed by atoms with Crippen LogP contribution >= 0.6 is 0 Å². The van der Waals surface area contributed by atoms with Crippen molar-refractivity contribution < 1.29 is 24.2 Å². The molecule has 2 aliphatic rings. The fourth-order valence-corrected chi connectivity index (χ4v) is 3.85. The molecule has 26 heavy (non-hydrogen) atoms. The Bertz CT molecular complexity index is 510. The second-order valence-corrected chi connectivity index (χ2v) is 7.47. The van der Waals surface area contributed by atoms with E-state index in [0.717, 1.165) is 19.3 Å².